The molecular formula is C28H31NO. The Kier molecular flexibility index (Phi) is 5.70. The maximum Gasteiger partial charge on any atom is 0.0773 e. The second kappa shape index (κ2) is 8.75. The molecule has 0 unspecified atom stereocenters. The number of ether oxygens (including phenoxy) is 1. The van der Waals surface area contributed by atoms with Gasteiger partial charge in [-0.25, -0.2) is 0 Å². The number of fused-ring (bicyclic) bond motifs is 3. The summed E-state index contributed by atoms with van der Waals surface area (Å²) in [5, 5.41) is 0. The minimum Gasteiger partial charge on any atom is -0.372 e. The van der Waals surface area contributed by atoms with E-state index in [0.717, 1.165) is 0 Å². The van der Waals surface area contributed by atoms with Crippen molar-refractivity contribution in [3.8, 4) is 0 Å². The number of benzene rings is 3. The third kappa shape index (κ3) is 3.82. The Morgan fingerprint density at radius 2 is 1.37 bits per heavy atom. The summed E-state index contributed by atoms with van der Waals surface area (Å²) in [6, 6.07) is 31.1. The van der Waals surface area contributed by atoms with E-state index in [-0.39, 0.29) is 6.10 Å². The second-order valence-electron chi connectivity index (χ2n) is 8.87. The van der Waals surface area contributed by atoms with Gasteiger partial charge in [0.1, 0.15) is 0 Å². The van der Waals surface area contributed by atoms with Crippen LogP contribution in [0.4, 0.5) is 0 Å². The Hall–Kier alpha value is -2.42. The fraction of sp³-hybridized carbons (Fsp3) is 0.357. The van der Waals surface area contributed by atoms with E-state index in [1.807, 2.05) is 0 Å². The summed E-state index contributed by atoms with van der Waals surface area (Å²) in [6.07, 6.45) is 2.77. The van der Waals surface area contributed by atoms with Gasteiger partial charge in [-0.2, -0.15) is 0 Å². The molecule has 3 aliphatic heterocycles. The van der Waals surface area contributed by atoms with E-state index in [4.69, 9.17) is 4.74 Å². The monoisotopic (exact) mass is 397 g/mol. The molecule has 3 saturated heterocycles. The number of aryl methyl sites for hydroxylation is 1. The predicted octanol–water partition coefficient (Wildman–Crippen LogP) is 5.81. The minimum absolute atomic E-state index is 0.262. The average Bonchev–Trinajstić information content (AvgIpc) is 2.81. The van der Waals surface area contributed by atoms with Crippen LogP contribution in [-0.2, 0) is 11.3 Å². The first-order chi connectivity index (χ1) is 14.8. The predicted molar refractivity (Wildman–Crippen MR) is 123 cm³/mol. The lowest BCUT2D eigenvalue weighted by atomic mass is 9.72. The standard InChI is InChI=1S/C28H31NO/c1-21-10-8-9-15-25(21)20-30-28-24-16-18-29(19-17-24)27(28)26(22-11-4-2-5-12-22)23-13-6-3-7-14-23/h2-15,24,26-28H,16-20H2,1H3/t27-,28-/m0/s1. The molecule has 2 nitrogen and oxygen atoms in total. The van der Waals surface area contributed by atoms with E-state index in [2.05, 4.69) is 96.8 Å². The van der Waals surface area contributed by atoms with Crippen molar-refractivity contribution in [3.63, 3.8) is 0 Å². The van der Waals surface area contributed by atoms with Crippen LogP contribution in [0, 0.1) is 12.8 Å². The number of piperidine rings is 3. The van der Waals surface area contributed by atoms with Gasteiger partial charge in [-0.05, 0) is 61.0 Å². The van der Waals surface area contributed by atoms with Crippen LogP contribution in [0.1, 0.15) is 41.0 Å². The highest BCUT2D eigenvalue weighted by Crippen LogP contribution is 2.43. The Morgan fingerprint density at radius 1 is 0.800 bits per heavy atom. The molecule has 154 valence electrons. The zero-order chi connectivity index (χ0) is 20.3. The number of nitrogens with zero attached hydrogens (tertiary/aromatic N) is 1. The van der Waals surface area contributed by atoms with Crippen LogP contribution >= 0.6 is 0 Å². The van der Waals surface area contributed by atoms with Gasteiger partial charge < -0.3 is 4.74 Å². The summed E-state index contributed by atoms with van der Waals surface area (Å²) >= 11 is 0. The van der Waals surface area contributed by atoms with Crippen LogP contribution in [0.5, 0.6) is 0 Å². The molecular weight excluding hydrogens is 366 g/mol. The van der Waals surface area contributed by atoms with Crippen LogP contribution in [0.25, 0.3) is 0 Å². The zero-order valence-electron chi connectivity index (χ0n) is 17.8. The molecule has 2 heteroatoms. The minimum atomic E-state index is 0.262. The highest BCUT2D eigenvalue weighted by molar-refractivity contribution is 5.36. The molecule has 30 heavy (non-hydrogen) atoms. The van der Waals surface area contributed by atoms with E-state index in [0.29, 0.717) is 24.5 Å². The molecule has 3 aliphatic rings. The van der Waals surface area contributed by atoms with E-state index in [1.54, 1.807) is 0 Å². The molecule has 2 atom stereocenters. The van der Waals surface area contributed by atoms with Gasteiger partial charge >= 0.3 is 0 Å². The molecule has 0 radical (unpaired) electrons. The van der Waals surface area contributed by atoms with Crippen LogP contribution in [0.15, 0.2) is 84.9 Å². The van der Waals surface area contributed by atoms with E-state index in [1.165, 1.54) is 48.2 Å². The number of rotatable bonds is 6. The number of hydrogen-bond acceptors (Lipinski definition) is 2. The van der Waals surface area contributed by atoms with Crippen LogP contribution in [-0.4, -0.2) is 30.1 Å². The molecule has 6 rings (SSSR count). The van der Waals surface area contributed by atoms with E-state index < -0.39 is 0 Å². The molecule has 3 fully saturated rings. The first-order valence-electron chi connectivity index (χ1n) is 11.3. The summed E-state index contributed by atoms with van der Waals surface area (Å²) in [5.41, 5.74) is 5.41. The largest absolute Gasteiger partial charge is 0.372 e. The van der Waals surface area contributed by atoms with E-state index >= 15 is 0 Å². The summed E-state index contributed by atoms with van der Waals surface area (Å²) in [6.45, 7) is 5.27. The third-order valence-corrected chi connectivity index (χ3v) is 7.15. The third-order valence-electron chi connectivity index (χ3n) is 7.15. The SMILES string of the molecule is Cc1ccccc1CO[C@H]1C2CCN(CC2)[C@H]1C(c1ccccc1)c1ccccc1. The average molecular weight is 398 g/mol. The smallest absolute Gasteiger partial charge is 0.0773 e. The zero-order valence-corrected chi connectivity index (χ0v) is 17.8. The molecule has 0 aromatic heterocycles. The van der Waals surface area contributed by atoms with Gasteiger partial charge in [-0.15, -0.1) is 0 Å². The van der Waals surface area contributed by atoms with Crippen molar-refractivity contribution in [2.24, 2.45) is 5.92 Å². The van der Waals surface area contributed by atoms with Gasteiger partial charge in [-0.1, -0.05) is 84.9 Å². The van der Waals surface area contributed by atoms with Crippen molar-refractivity contribution in [1.82, 2.24) is 4.90 Å². The number of hydrogen-bond donors (Lipinski definition) is 0. The van der Waals surface area contributed by atoms with Crippen LogP contribution in [0.2, 0.25) is 0 Å². The fourth-order valence-electron chi connectivity index (χ4n) is 5.53. The molecule has 0 spiro atoms. The first-order valence-corrected chi connectivity index (χ1v) is 11.3. The van der Waals surface area contributed by atoms with Crippen LogP contribution < -0.4 is 0 Å². The van der Waals surface area contributed by atoms with Crippen molar-refractivity contribution < 1.29 is 4.74 Å². The second-order valence-corrected chi connectivity index (χ2v) is 8.87. The van der Waals surface area contributed by atoms with Crippen molar-refractivity contribution in [2.45, 2.75) is 44.4 Å². The highest BCUT2D eigenvalue weighted by atomic mass is 16.5. The van der Waals surface area contributed by atoms with Gasteiger partial charge in [0, 0.05) is 12.0 Å². The van der Waals surface area contributed by atoms with Crippen LogP contribution in [0.3, 0.4) is 0 Å². The quantitative estimate of drug-likeness (QED) is 0.521. The Bertz CT molecular complexity index is 907. The Labute approximate surface area is 180 Å². The summed E-state index contributed by atoms with van der Waals surface area (Å²) in [4.78, 5) is 2.70. The normalized spacial score (nSPS) is 25.5. The Morgan fingerprint density at radius 3 is 1.97 bits per heavy atom. The lowest BCUT2D eigenvalue weighted by Crippen LogP contribution is -2.60. The lowest BCUT2D eigenvalue weighted by molar-refractivity contribution is -0.120. The van der Waals surface area contributed by atoms with Crippen molar-refractivity contribution in [3.05, 3.63) is 107 Å². The molecule has 3 aromatic rings. The first kappa shape index (κ1) is 19.5. The highest BCUT2D eigenvalue weighted by Gasteiger charge is 2.47. The molecule has 3 heterocycles. The topological polar surface area (TPSA) is 12.5 Å². The van der Waals surface area contributed by atoms with Gasteiger partial charge in [0.25, 0.3) is 0 Å². The summed E-state index contributed by atoms with van der Waals surface area (Å²) in [5.74, 6) is 0.983. The maximum absolute atomic E-state index is 6.78. The van der Waals surface area contributed by atoms with Crippen molar-refractivity contribution in [2.75, 3.05) is 13.1 Å². The van der Waals surface area contributed by atoms with Gasteiger partial charge in [0.2, 0.25) is 0 Å². The van der Waals surface area contributed by atoms with Crippen molar-refractivity contribution in [1.29, 1.82) is 0 Å². The Balaban J connectivity index is 1.50. The van der Waals surface area contributed by atoms with Gasteiger partial charge in [-0.3, -0.25) is 4.90 Å². The molecule has 0 aliphatic carbocycles. The molecule has 0 amide bonds. The fourth-order valence-corrected chi connectivity index (χ4v) is 5.53. The van der Waals surface area contributed by atoms with Gasteiger partial charge in [0.05, 0.1) is 12.7 Å². The molecule has 0 saturated carbocycles. The van der Waals surface area contributed by atoms with Crippen molar-refractivity contribution >= 4 is 0 Å². The molecule has 2 bridgehead atoms. The molecule has 3 aromatic carbocycles. The molecule has 0 N–H and O–H groups in total. The lowest BCUT2D eigenvalue weighted by Gasteiger charge is -2.53. The van der Waals surface area contributed by atoms with E-state index in [9.17, 15) is 0 Å². The summed E-state index contributed by atoms with van der Waals surface area (Å²) in [7, 11) is 0. The van der Waals surface area contributed by atoms with Gasteiger partial charge in [0.15, 0.2) is 0 Å². The maximum atomic E-state index is 6.78. The summed E-state index contributed by atoms with van der Waals surface area (Å²) < 4.78 is 6.78.